The highest BCUT2D eigenvalue weighted by atomic mass is 35.5. The number of halogens is 2. The Morgan fingerprint density at radius 2 is 1.17 bits per heavy atom. The van der Waals surface area contributed by atoms with Gasteiger partial charge in [0.25, 0.3) is 0 Å². The predicted octanol–water partition coefficient (Wildman–Crippen LogP) is 3.03. The summed E-state index contributed by atoms with van der Waals surface area (Å²) < 4.78 is 10.8. The van der Waals surface area contributed by atoms with Gasteiger partial charge in [-0.25, -0.2) is 0 Å². The standard InChI is InChI=1S/C16H24Cl2O6/c1-3-9-11(23-9)7-15(17,13(19)20)5-6-16(18,14(21)22)8-12-10(4-2)24-12/h9-12H,3-8H2,1-2H3,(H,19,20)(H,21,22). The second kappa shape index (κ2) is 7.36. The van der Waals surface area contributed by atoms with Gasteiger partial charge in [0.1, 0.15) is 9.75 Å². The summed E-state index contributed by atoms with van der Waals surface area (Å²) >= 11 is 12.6. The topological polar surface area (TPSA) is 99.7 Å². The minimum atomic E-state index is -1.57. The van der Waals surface area contributed by atoms with Crippen LogP contribution in [-0.2, 0) is 19.1 Å². The quantitative estimate of drug-likeness (QED) is 0.420. The summed E-state index contributed by atoms with van der Waals surface area (Å²) in [6, 6.07) is 0. The lowest BCUT2D eigenvalue weighted by molar-refractivity contribution is -0.143. The number of aliphatic carboxylic acids is 2. The SMILES string of the molecule is CCC1OC1CC(Cl)(CCC(Cl)(CC1OC1CC)C(=O)O)C(=O)O. The number of carbonyl (C=O) groups is 2. The Morgan fingerprint density at radius 1 is 0.833 bits per heavy atom. The molecule has 2 saturated heterocycles. The van der Waals surface area contributed by atoms with Gasteiger partial charge in [-0.1, -0.05) is 13.8 Å². The molecule has 0 radical (unpaired) electrons. The summed E-state index contributed by atoms with van der Waals surface area (Å²) in [5, 5.41) is 19.0. The molecular formula is C16H24Cl2O6. The summed E-state index contributed by atoms with van der Waals surface area (Å²) in [5.41, 5.74) is 0. The molecule has 138 valence electrons. The zero-order valence-electron chi connectivity index (χ0n) is 13.8. The highest BCUT2D eigenvalue weighted by Gasteiger charge is 2.51. The highest BCUT2D eigenvalue weighted by molar-refractivity contribution is 6.35. The first-order chi connectivity index (χ1) is 11.1. The van der Waals surface area contributed by atoms with Crippen LogP contribution in [-0.4, -0.2) is 56.3 Å². The van der Waals surface area contributed by atoms with Crippen molar-refractivity contribution in [1.82, 2.24) is 0 Å². The molecule has 6 nitrogen and oxygen atoms in total. The van der Waals surface area contributed by atoms with Crippen molar-refractivity contribution in [3.63, 3.8) is 0 Å². The maximum Gasteiger partial charge on any atom is 0.324 e. The molecule has 0 spiro atoms. The van der Waals surface area contributed by atoms with Crippen LogP contribution >= 0.6 is 23.2 Å². The van der Waals surface area contributed by atoms with E-state index >= 15 is 0 Å². The van der Waals surface area contributed by atoms with Crippen LogP contribution in [0.25, 0.3) is 0 Å². The van der Waals surface area contributed by atoms with Gasteiger partial charge in [0.15, 0.2) is 0 Å². The van der Waals surface area contributed by atoms with Gasteiger partial charge in [-0.15, -0.1) is 23.2 Å². The lowest BCUT2D eigenvalue weighted by Gasteiger charge is -2.27. The van der Waals surface area contributed by atoms with E-state index < -0.39 is 21.7 Å². The fourth-order valence-electron chi connectivity index (χ4n) is 3.06. The normalized spacial score (nSPS) is 33.3. The molecule has 0 aromatic carbocycles. The van der Waals surface area contributed by atoms with Crippen LogP contribution in [0.4, 0.5) is 0 Å². The molecule has 0 amide bonds. The molecule has 0 bridgehead atoms. The third-order valence-corrected chi connectivity index (χ3v) is 5.92. The molecule has 2 aliphatic rings. The molecule has 2 N–H and O–H groups in total. The van der Waals surface area contributed by atoms with Gasteiger partial charge in [0.05, 0.1) is 24.4 Å². The fourth-order valence-corrected chi connectivity index (χ4v) is 3.56. The summed E-state index contributed by atoms with van der Waals surface area (Å²) in [6.45, 7) is 3.91. The van der Waals surface area contributed by atoms with Crippen molar-refractivity contribution in [2.24, 2.45) is 0 Å². The van der Waals surface area contributed by atoms with E-state index in [1.165, 1.54) is 0 Å². The largest absolute Gasteiger partial charge is 0.480 e. The highest BCUT2D eigenvalue weighted by Crippen LogP contribution is 2.43. The van der Waals surface area contributed by atoms with E-state index in [-0.39, 0.29) is 50.1 Å². The molecule has 8 heteroatoms. The number of ether oxygens (including phenoxy) is 2. The zero-order valence-corrected chi connectivity index (χ0v) is 15.3. The van der Waals surface area contributed by atoms with Crippen LogP contribution in [0, 0.1) is 0 Å². The third kappa shape index (κ3) is 4.54. The van der Waals surface area contributed by atoms with Crippen LogP contribution in [0.3, 0.4) is 0 Å². The van der Waals surface area contributed by atoms with E-state index in [4.69, 9.17) is 32.7 Å². The first-order valence-corrected chi connectivity index (χ1v) is 9.06. The van der Waals surface area contributed by atoms with E-state index in [1.807, 2.05) is 13.8 Å². The zero-order chi connectivity index (χ0) is 18.1. The number of rotatable bonds is 11. The van der Waals surface area contributed by atoms with Gasteiger partial charge in [-0.05, 0) is 25.7 Å². The van der Waals surface area contributed by atoms with Gasteiger partial charge in [0.2, 0.25) is 0 Å². The van der Waals surface area contributed by atoms with Gasteiger partial charge in [-0.3, -0.25) is 9.59 Å². The average molecular weight is 383 g/mol. The molecule has 24 heavy (non-hydrogen) atoms. The van der Waals surface area contributed by atoms with Crippen molar-refractivity contribution < 1.29 is 29.3 Å². The van der Waals surface area contributed by atoms with E-state index in [0.29, 0.717) is 0 Å². The van der Waals surface area contributed by atoms with Crippen molar-refractivity contribution in [2.75, 3.05) is 0 Å². The molecule has 6 unspecified atom stereocenters. The van der Waals surface area contributed by atoms with Crippen LogP contribution in [0.2, 0.25) is 0 Å². The molecule has 2 heterocycles. The monoisotopic (exact) mass is 382 g/mol. The second-order valence-electron chi connectivity index (χ2n) is 6.69. The lowest BCUT2D eigenvalue weighted by atomic mass is 9.88. The van der Waals surface area contributed by atoms with Gasteiger partial charge < -0.3 is 19.7 Å². The van der Waals surface area contributed by atoms with Crippen LogP contribution in [0.5, 0.6) is 0 Å². The number of carboxylic acid groups (broad SMARTS) is 2. The molecule has 0 aliphatic carbocycles. The molecule has 2 fully saturated rings. The number of epoxide rings is 2. The summed E-state index contributed by atoms with van der Waals surface area (Å²) in [6.07, 6.45) is 1.49. The number of hydrogen-bond donors (Lipinski definition) is 2. The van der Waals surface area contributed by atoms with Crippen molar-refractivity contribution in [2.45, 2.75) is 86.5 Å². The Hall–Kier alpha value is -0.560. The number of carboxylic acids is 2. The Morgan fingerprint density at radius 3 is 1.38 bits per heavy atom. The summed E-state index contributed by atoms with van der Waals surface area (Å²) in [7, 11) is 0. The van der Waals surface area contributed by atoms with Crippen LogP contribution in [0.1, 0.15) is 52.4 Å². The first-order valence-electron chi connectivity index (χ1n) is 8.30. The van der Waals surface area contributed by atoms with E-state index in [2.05, 4.69) is 0 Å². The Labute approximate surface area is 151 Å². The smallest absolute Gasteiger partial charge is 0.324 e. The number of hydrogen-bond acceptors (Lipinski definition) is 4. The number of alkyl halides is 2. The lowest BCUT2D eigenvalue weighted by Crippen LogP contribution is -2.40. The molecule has 2 aliphatic heterocycles. The molecule has 2 rings (SSSR count). The minimum absolute atomic E-state index is 0.0351. The molecule has 0 saturated carbocycles. The van der Waals surface area contributed by atoms with Gasteiger partial charge in [-0.2, -0.15) is 0 Å². The van der Waals surface area contributed by atoms with Gasteiger partial charge >= 0.3 is 11.9 Å². The van der Waals surface area contributed by atoms with Crippen LogP contribution in [0.15, 0.2) is 0 Å². The summed E-state index contributed by atoms with van der Waals surface area (Å²) in [4.78, 5) is 20.1. The van der Waals surface area contributed by atoms with E-state index in [9.17, 15) is 19.8 Å². The molecule has 0 aromatic rings. The average Bonchev–Trinajstić information content (AvgIpc) is 3.42. The van der Waals surface area contributed by atoms with Gasteiger partial charge in [0, 0.05) is 12.8 Å². The van der Waals surface area contributed by atoms with E-state index in [1.54, 1.807) is 0 Å². The Kier molecular flexibility index (Phi) is 6.06. The fraction of sp³-hybridized carbons (Fsp3) is 0.875. The maximum absolute atomic E-state index is 11.6. The molecule has 0 aromatic heterocycles. The Balaban J connectivity index is 1.97. The van der Waals surface area contributed by atoms with Crippen molar-refractivity contribution in [3.8, 4) is 0 Å². The predicted molar refractivity (Wildman–Crippen MR) is 88.8 cm³/mol. The third-order valence-electron chi connectivity index (χ3n) is 4.91. The van der Waals surface area contributed by atoms with E-state index in [0.717, 1.165) is 12.8 Å². The molecule has 6 atom stereocenters. The Bertz CT molecular complexity index is 457. The summed E-state index contributed by atoms with van der Waals surface area (Å²) in [5.74, 6) is -2.35. The second-order valence-corrected chi connectivity index (χ2v) is 8.14. The van der Waals surface area contributed by atoms with Crippen LogP contribution < -0.4 is 0 Å². The minimum Gasteiger partial charge on any atom is -0.480 e. The molecular weight excluding hydrogens is 359 g/mol. The maximum atomic E-state index is 11.6. The first kappa shape index (κ1) is 19.8. The van der Waals surface area contributed by atoms with Crippen molar-refractivity contribution >= 4 is 35.1 Å². The van der Waals surface area contributed by atoms with Crippen molar-refractivity contribution in [1.29, 1.82) is 0 Å². The van der Waals surface area contributed by atoms with Crippen molar-refractivity contribution in [3.05, 3.63) is 0 Å².